The molecule has 1 aromatic rings. The van der Waals surface area contributed by atoms with Gasteiger partial charge in [-0.1, -0.05) is 6.07 Å². The zero-order valence-corrected chi connectivity index (χ0v) is 9.00. The molecular formula is C11H16F2N2. The number of alkyl halides is 2. The first-order valence-corrected chi connectivity index (χ1v) is 4.83. The second kappa shape index (κ2) is 5.07. The van der Waals surface area contributed by atoms with Gasteiger partial charge >= 0.3 is 0 Å². The Morgan fingerprint density at radius 3 is 2.53 bits per heavy atom. The van der Waals surface area contributed by atoms with Gasteiger partial charge in [0.05, 0.1) is 6.54 Å². The molecule has 0 saturated heterocycles. The highest BCUT2D eigenvalue weighted by Gasteiger charge is 2.09. The highest BCUT2D eigenvalue weighted by atomic mass is 19.3. The topological polar surface area (TPSA) is 29.3 Å². The zero-order valence-electron chi connectivity index (χ0n) is 9.00. The molecule has 0 radical (unpaired) electrons. The van der Waals surface area contributed by atoms with Gasteiger partial charge in [0.25, 0.3) is 6.43 Å². The number of halogens is 2. The molecule has 0 aliphatic carbocycles. The van der Waals surface area contributed by atoms with E-state index in [-0.39, 0.29) is 6.54 Å². The summed E-state index contributed by atoms with van der Waals surface area (Å²) in [7, 11) is 1.66. The third-order valence-electron chi connectivity index (χ3n) is 2.40. The summed E-state index contributed by atoms with van der Waals surface area (Å²) in [6.07, 6.45) is -2.32. The lowest BCUT2D eigenvalue weighted by molar-refractivity contribution is 0.156. The number of nitrogens with zero attached hydrogens (tertiary/aromatic N) is 1. The maximum absolute atomic E-state index is 12.2. The number of anilines is 1. The molecule has 0 aliphatic heterocycles. The first-order valence-electron chi connectivity index (χ1n) is 4.83. The van der Waals surface area contributed by atoms with Gasteiger partial charge in [-0.2, -0.15) is 0 Å². The monoisotopic (exact) mass is 214 g/mol. The van der Waals surface area contributed by atoms with E-state index < -0.39 is 6.43 Å². The van der Waals surface area contributed by atoms with Crippen molar-refractivity contribution in [3.63, 3.8) is 0 Å². The van der Waals surface area contributed by atoms with E-state index in [0.717, 1.165) is 16.8 Å². The minimum absolute atomic E-state index is 0.249. The lowest BCUT2D eigenvalue weighted by Gasteiger charge is -2.19. The summed E-state index contributed by atoms with van der Waals surface area (Å²) in [6, 6.07) is 5.58. The zero-order chi connectivity index (χ0) is 11.4. The standard InChI is InChI=1S/C11H16F2N2/c1-8-5-10(4-3-9(8)6-14)15(2)7-11(12)13/h3-5,11H,6-7,14H2,1-2H3. The van der Waals surface area contributed by atoms with Gasteiger partial charge in [-0.15, -0.1) is 0 Å². The largest absolute Gasteiger partial charge is 0.369 e. The van der Waals surface area contributed by atoms with Gasteiger partial charge in [0, 0.05) is 19.3 Å². The molecular weight excluding hydrogens is 198 g/mol. The fourth-order valence-corrected chi connectivity index (χ4v) is 1.46. The summed E-state index contributed by atoms with van der Waals surface area (Å²) < 4.78 is 24.3. The van der Waals surface area contributed by atoms with Crippen molar-refractivity contribution in [3.05, 3.63) is 29.3 Å². The minimum Gasteiger partial charge on any atom is -0.369 e. The predicted octanol–water partition coefficient (Wildman–Crippen LogP) is 2.16. The van der Waals surface area contributed by atoms with Crippen LogP contribution in [0.5, 0.6) is 0 Å². The summed E-state index contributed by atoms with van der Waals surface area (Å²) >= 11 is 0. The third kappa shape index (κ3) is 3.16. The normalized spacial score (nSPS) is 10.8. The van der Waals surface area contributed by atoms with Gasteiger partial charge < -0.3 is 10.6 Å². The van der Waals surface area contributed by atoms with Crippen molar-refractivity contribution in [2.24, 2.45) is 5.73 Å². The van der Waals surface area contributed by atoms with Crippen LogP contribution in [-0.2, 0) is 6.54 Å². The van der Waals surface area contributed by atoms with Gasteiger partial charge in [0.2, 0.25) is 0 Å². The van der Waals surface area contributed by atoms with Crippen molar-refractivity contribution < 1.29 is 8.78 Å². The van der Waals surface area contributed by atoms with Crippen LogP contribution in [0.3, 0.4) is 0 Å². The smallest absolute Gasteiger partial charge is 0.255 e. The molecule has 84 valence electrons. The van der Waals surface area contributed by atoms with Crippen molar-refractivity contribution in [2.75, 3.05) is 18.5 Å². The molecule has 0 heterocycles. The van der Waals surface area contributed by atoms with E-state index in [0.29, 0.717) is 6.54 Å². The second-order valence-electron chi connectivity index (χ2n) is 3.59. The van der Waals surface area contributed by atoms with E-state index in [1.807, 2.05) is 25.1 Å². The molecule has 0 fully saturated rings. The summed E-state index contributed by atoms with van der Waals surface area (Å²) in [5.74, 6) is 0. The summed E-state index contributed by atoms with van der Waals surface area (Å²) in [4.78, 5) is 1.54. The van der Waals surface area contributed by atoms with Gasteiger partial charge in [0.1, 0.15) is 0 Å². The van der Waals surface area contributed by atoms with Crippen molar-refractivity contribution in [3.8, 4) is 0 Å². The number of hydrogen-bond donors (Lipinski definition) is 1. The molecule has 0 aliphatic rings. The molecule has 15 heavy (non-hydrogen) atoms. The van der Waals surface area contributed by atoms with Crippen LogP contribution in [0.1, 0.15) is 11.1 Å². The Labute approximate surface area is 88.7 Å². The molecule has 2 nitrogen and oxygen atoms in total. The van der Waals surface area contributed by atoms with Crippen LogP contribution in [0.2, 0.25) is 0 Å². The fourth-order valence-electron chi connectivity index (χ4n) is 1.46. The van der Waals surface area contributed by atoms with Gasteiger partial charge in [0.15, 0.2) is 0 Å². The summed E-state index contributed by atoms with van der Waals surface area (Å²) in [6.45, 7) is 2.16. The first kappa shape index (κ1) is 11.9. The third-order valence-corrected chi connectivity index (χ3v) is 2.40. The Balaban J connectivity index is 2.82. The van der Waals surface area contributed by atoms with E-state index in [9.17, 15) is 8.78 Å². The molecule has 0 amide bonds. The van der Waals surface area contributed by atoms with Crippen LogP contribution < -0.4 is 10.6 Å². The number of rotatable bonds is 4. The second-order valence-corrected chi connectivity index (χ2v) is 3.59. The average Bonchev–Trinajstić information content (AvgIpc) is 2.16. The van der Waals surface area contributed by atoms with E-state index in [1.165, 1.54) is 4.90 Å². The van der Waals surface area contributed by atoms with Crippen LogP contribution in [0.25, 0.3) is 0 Å². The van der Waals surface area contributed by atoms with Crippen LogP contribution >= 0.6 is 0 Å². The number of benzene rings is 1. The molecule has 0 saturated carbocycles. The molecule has 4 heteroatoms. The van der Waals surface area contributed by atoms with Crippen LogP contribution in [0.4, 0.5) is 14.5 Å². The van der Waals surface area contributed by atoms with Crippen LogP contribution in [0, 0.1) is 6.92 Å². The maximum atomic E-state index is 12.2. The lowest BCUT2D eigenvalue weighted by Crippen LogP contribution is -2.24. The Morgan fingerprint density at radius 2 is 2.07 bits per heavy atom. The summed E-state index contributed by atoms with van der Waals surface area (Å²) in [5, 5.41) is 0. The van der Waals surface area contributed by atoms with E-state index in [1.54, 1.807) is 7.05 Å². The number of aryl methyl sites for hydroxylation is 1. The van der Waals surface area contributed by atoms with Crippen molar-refractivity contribution in [2.45, 2.75) is 19.9 Å². The Bertz CT molecular complexity index is 326. The van der Waals surface area contributed by atoms with Crippen molar-refractivity contribution >= 4 is 5.69 Å². The van der Waals surface area contributed by atoms with Crippen molar-refractivity contribution in [1.29, 1.82) is 0 Å². The molecule has 1 aromatic carbocycles. The van der Waals surface area contributed by atoms with Gasteiger partial charge in [-0.05, 0) is 30.2 Å². The van der Waals surface area contributed by atoms with Crippen LogP contribution in [-0.4, -0.2) is 20.0 Å². The quantitative estimate of drug-likeness (QED) is 0.832. The Morgan fingerprint density at radius 1 is 1.40 bits per heavy atom. The molecule has 1 rings (SSSR count). The van der Waals surface area contributed by atoms with E-state index in [4.69, 9.17) is 5.73 Å². The average molecular weight is 214 g/mol. The van der Waals surface area contributed by atoms with Gasteiger partial charge in [-0.25, -0.2) is 8.78 Å². The number of hydrogen-bond acceptors (Lipinski definition) is 2. The first-order chi connectivity index (χ1) is 7.04. The SMILES string of the molecule is Cc1cc(N(C)CC(F)F)ccc1CN. The van der Waals surface area contributed by atoms with Gasteiger partial charge in [-0.3, -0.25) is 0 Å². The molecule has 0 aromatic heterocycles. The summed E-state index contributed by atoms with van der Waals surface area (Å²) in [5.41, 5.74) is 8.40. The van der Waals surface area contributed by atoms with E-state index >= 15 is 0 Å². The Kier molecular flexibility index (Phi) is 4.03. The lowest BCUT2D eigenvalue weighted by atomic mass is 10.1. The predicted molar refractivity (Wildman–Crippen MR) is 58.3 cm³/mol. The van der Waals surface area contributed by atoms with Crippen molar-refractivity contribution in [1.82, 2.24) is 0 Å². The molecule has 0 bridgehead atoms. The highest BCUT2D eigenvalue weighted by molar-refractivity contribution is 5.50. The van der Waals surface area contributed by atoms with Crippen LogP contribution in [0.15, 0.2) is 18.2 Å². The number of nitrogens with two attached hydrogens (primary N) is 1. The van der Waals surface area contributed by atoms with E-state index in [2.05, 4.69) is 0 Å². The highest BCUT2D eigenvalue weighted by Crippen LogP contribution is 2.18. The Hall–Kier alpha value is -1.16. The fraction of sp³-hybridized carbons (Fsp3) is 0.455. The molecule has 0 spiro atoms. The minimum atomic E-state index is -2.32. The molecule has 0 unspecified atom stereocenters. The maximum Gasteiger partial charge on any atom is 0.255 e. The molecule has 0 atom stereocenters. The molecule has 2 N–H and O–H groups in total.